The number of nitrogens with one attached hydrogen (secondary N) is 3. The number of hydrogen-bond acceptors (Lipinski definition) is 4. The van der Waals surface area contributed by atoms with Crippen molar-refractivity contribution in [1.29, 1.82) is 0 Å². The van der Waals surface area contributed by atoms with Crippen LogP contribution in [0, 0.1) is 0 Å². The Balaban J connectivity index is 2.31. The maximum Gasteiger partial charge on any atom is 0.321 e. The summed E-state index contributed by atoms with van der Waals surface area (Å²) in [6.07, 6.45) is 0. The second kappa shape index (κ2) is 6.33. The first-order valence-corrected chi connectivity index (χ1v) is 7.20. The van der Waals surface area contributed by atoms with Crippen molar-refractivity contribution in [3.05, 3.63) is 23.8 Å². The number of carbonyl (C=O) groups excluding carboxylic acids is 2. The molecule has 0 bridgehead atoms. The summed E-state index contributed by atoms with van der Waals surface area (Å²) in [7, 11) is 0. The highest BCUT2D eigenvalue weighted by molar-refractivity contribution is 7.22. The Bertz CT molecular complexity index is 638. The molecule has 2 aromatic rings. The van der Waals surface area contributed by atoms with Crippen LogP contribution in [-0.2, 0) is 0 Å². The number of rotatable bonds is 4. The largest absolute Gasteiger partial charge is 0.352 e. The molecule has 0 saturated carbocycles. The molecule has 1 aromatic carbocycles. The first-order valence-electron chi connectivity index (χ1n) is 6.38. The van der Waals surface area contributed by atoms with E-state index in [1.54, 1.807) is 12.1 Å². The molecule has 20 heavy (non-hydrogen) atoms. The Morgan fingerprint density at radius 3 is 2.65 bits per heavy atom. The Morgan fingerprint density at radius 2 is 1.95 bits per heavy atom. The molecule has 7 heteroatoms. The van der Waals surface area contributed by atoms with Crippen molar-refractivity contribution >= 4 is 38.6 Å². The first-order chi connectivity index (χ1) is 9.65. The highest BCUT2D eigenvalue weighted by atomic mass is 32.1. The second-order valence-corrected chi connectivity index (χ2v) is 5.02. The summed E-state index contributed by atoms with van der Waals surface area (Å²) in [5, 5.41) is 8.53. The SMILES string of the molecule is CCNC(=O)Nc1nc2cccc(C(=O)NCC)c2s1. The number of aromatic nitrogens is 1. The summed E-state index contributed by atoms with van der Waals surface area (Å²) in [5.41, 5.74) is 1.27. The van der Waals surface area contributed by atoms with E-state index >= 15 is 0 Å². The van der Waals surface area contributed by atoms with Crippen molar-refractivity contribution in [3.63, 3.8) is 0 Å². The Kier molecular flexibility index (Phi) is 4.52. The molecule has 0 unspecified atom stereocenters. The van der Waals surface area contributed by atoms with Crippen LogP contribution in [0.4, 0.5) is 9.93 Å². The molecule has 1 heterocycles. The Hall–Kier alpha value is -2.15. The lowest BCUT2D eigenvalue weighted by Gasteiger charge is -2.02. The minimum absolute atomic E-state index is 0.133. The topological polar surface area (TPSA) is 83.1 Å². The van der Waals surface area contributed by atoms with Gasteiger partial charge in [-0.3, -0.25) is 10.1 Å². The summed E-state index contributed by atoms with van der Waals surface area (Å²) in [6.45, 7) is 4.82. The van der Waals surface area contributed by atoms with E-state index in [1.165, 1.54) is 11.3 Å². The quantitative estimate of drug-likeness (QED) is 0.807. The molecule has 0 saturated heterocycles. The fourth-order valence-electron chi connectivity index (χ4n) is 1.74. The average molecular weight is 292 g/mol. The predicted octanol–water partition coefficient (Wildman–Crippen LogP) is 2.19. The molecule has 0 fully saturated rings. The number of thiazole rings is 1. The van der Waals surface area contributed by atoms with Crippen molar-refractivity contribution in [1.82, 2.24) is 15.6 Å². The van der Waals surface area contributed by atoms with Crippen molar-refractivity contribution in [2.45, 2.75) is 13.8 Å². The summed E-state index contributed by atoms with van der Waals surface area (Å²) < 4.78 is 0.769. The predicted molar refractivity (Wildman–Crippen MR) is 80.3 cm³/mol. The van der Waals surface area contributed by atoms with Gasteiger partial charge in [0.25, 0.3) is 5.91 Å². The Morgan fingerprint density at radius 1 is 1.20 bits per heavy atom. The molecule has 0 aliphatic rings. The number of urea groups is 1. The van der Waals surface area contributed by atoms with Crippen LogP contribution >= 0.6 is 11.3 Å². The standard InChI is InChI=1S/C13H16N4O2S/c1-3-14-11(18)8-6-5-7-9-10(8)20-13(16-9)17-12(19)15-4-2/h5-7H,3-4H2,1-2H3,(H,14,18)(H2,15,16,17,19). The van der Waals surface area contributed by atoms with E-state index in [0.717, 1.165) is 4.70 Å². The number of hydrogen-bond donors (Lipinski definition) is 3. The normalized spacial score (nSPS) is 10.3. The van der Waals surface area contributed by atoms with Crippen molar-refractivity contribution in [3.8, 4) is 0 Å². The van der Waals surface area contributed by atoms with Gasteiger partial charge in [0.2, 0.25) is 0 Å². The third-order valence-corrected chi connectivity index (χ3v) is 3.57. The van der Waals surface area contributed by atoms with Gasteiger partial charge in [-0.2, -0.15) is 0 Å². The van der Waals surface area contributed by atoms with Crippen LogP contribution in [0.2, 0.25) is 0 Å². The summed E-state index contributed by atoms with van der Waals surface area (Å²) in [6, 6.07) is 5.05. The van der Waals surface area contributed by atoms with Gasteiger partial charge in [-0.25, -0.2) is 9.78 Å². The smallest absolute Gasteiger partial charge is 0.321 e. The van der Waals surface area contributed by atoms with Crippen molar-refractivity contribution in [2.24, 2.45) is 0 Å². The molecule has 0 atom stereocenters. The van der Waals surface area contributed by atoms with E-state index in [-0.39, 0.29) is 11.9 Å². The summed E-state index contributed by atoms with van der Waals surface area (Å²) >= 11 is 1.29. The van der Waals surface area contributed by atoms with Crippen LogP contribution in [0.1, 0.15) is 24.2 Å². The molecule has 0 aliphatic carbocycles. The highest BCUT2D eigenvalue weighted by Crippen LogP contribution is 2.28. The van der Waals surface area contributed by atoms with Gasteiger partial charge in [-0.15, -0.1) is 0 Å². The lowest BCUT2D eigenvalue weighted by Crippen LogP contribution is -2.28. The molecule has 0 spiro atoms. The average Bonchev–Trinajstić information content (AvgIpc) is 2.80. The molecule has 2 rings (SSSR count). The molecular weight excluding hydrogens is 276 g/mol. The summed E-state index contributed by atoms with van der Waals surface area (Å²) in [5.74, 6) is -0.133. The van der Waals surface area contributed by atoms with Crippen LogP contribution in [0.15, 0.2) is 18.2 Å². The van der Waals surface area contributed by atoms with E-state index in [0.29, 0.717) is 29.3 Å². The van der Waals surface area contributed by atoms with E-state index in [2.05, 4.69) is 20.9 Å². The number of amides is 3. The Labute approximate surface area is 120 Å². The van der Waals surface area contributed by atoms with Crippen molar-refractivity contribution < 1.29 is 9.59 Å². The zero-order valence-corrected chi connectivity index (χ0v) is 12.1. The van der Waals surface area contributed by atoms with E-state index in [9.17, 15) is 9.59 Å². The van der Waals surface area contributed by atoms with Gasteiger partial charge in [0.15, 0.2) is 5.13 Å². The van der Waals surface area contributed by atoms with E-state index in [1.807, 2.05) is 19.9 Å². The molecule has 3 amide bonds. The molecule has 106 valence electrons. The minimum atomic E-state index is -0.300. The van der Waals surface area contributed by atoms with E-state index in [4.69, 9.17) is 0 Å². The molecule has 3 N–H and O–H groups in total. The van der Waals surface area contributed by atoms with Crippen LogP contribution < -0.4 is 16.0 Å². The van der Waals surface area contributed by atoms with Crippen LogP contribution in [0.5, 0.6) is 0 Å². The van der Waals surface area contributed by atoms with Gasteiger partial charge < -0.3 is 10.6 Å². The molecular formula is C13H16N4O2S. The first kappa shape index (κ1) is 14.3. The van der Waals surface area contributed by atoms with Gasteiger partial charge >= 0.3 is 6.03 Å². The number of benzene rings is 1. The third kappa shape index (κ3) is 3.05. The summed E-state index contributed by atoms with van der Waals surface area (Å²) in [4.78, 5) is 27.7. The van der Waals surface area contributed by atoms with Crippen LogP contribution in [0.3, 0.4) is 0 Å². The maximum atomic E-state index is 12.0. The molecule has 1 aromatic heterocycles. The molecule has 6 nitrogen and oxygen atoms in total. The fourth-order valence-corrected chi connectivity index (χ4v) is 2.71. The number of carbonyl (C=O) groups is 2. The zero-order valence-electron chi connectivity index (χ0n) is 11.3. The van der Waals surface area contributed by atoms with Gasteiger partial charge in [-0.05, 0) is 26.0 Å². The third-order valence-electron chi connectivity index (χ3n) is 2.55. The fraction of sp³-hybridized carbons (Fsp3) is 0.308. The monoisotopic (exact) mass is 292 g/mol. The van der Waals surface area contributed by atoms with Gasteiger partial charge in [0, 0.05) is 13.1 Å². The van der Waals surface area contributed by atoms with E-state index < -0.39 is 0 Å². The lowest BCUT2D eigenvalue weighted by molar-refractivity contribution is 0.0957. The minimum Gasteiger partial charge on any atom is -0.352 e. The van der Waals surface area contributed by atoms with Gasteiger partial charge in [0.1, 0.15) is 0 Å². The number of anilines is 1. The molecule has 0 radical (unpaired) electrons. The van der Waals surface area contributed by atoms with Gasteiger partial charge in [-0.1, -0.05) is 17.4 Å². The molecule has 0 aliphatic heterocycles. The van der Waals surface area contributed by atoms with Crippen LogP contribution in [0.25, 0.3) is 10.2 Å². The number of fused-ring (bicyclic) bond motifs is 1. The zero-order chi connectivity index (χ0) is 14.5. The number of nitrogens with zero attached hydrogens (tertiary/aromatic N) is 1. The van der Waals surface area contributed by atoms with Crippen LogP contribution in [-0.4, -0.2) is 30.0 Å². The van der Waals surface area contributed by atoms with Gasteiger partial charge in [0.05, 0.1) is 15.8 Å². The maximum absolute atomic E-state index is 12.0. The highest BCUT2D eigenvalue weighted by Gasteiger charge is 2.14. The lowest BCUT2D eigenvalue weighted by atomic mass is 10.2. The second-order valence-electron chi connectivity index (χ2n) is 4.02. The van der Waals surface area contributed by atoms with Crippen molar-refractivity contribution in [2.75, 3.05) is 18.4 Å².